The number of hydrogen-bond donors (Lipinski definition) is 2. The Morgan fingerprint density at radius 3 is 2.44 bits per heavy atom. The van der Waals surface area contributed by atoms with Crippen molar-refractivity contribution in [2.24, 2.45) is 5.92 Å². The van der Waals surface area contributed by atoms with Crippen molar-refractivity contribution in [3.63, 3.8) is 0 Å². The fourth-order valence-corrected chi connectivity index (χ4v) is 4.88. The van der Waals surface area contributed by atoms with Gasteiger partial charge >= 0.3 is 6.18 Å². The molecule has 0 saturated heterocycles. The fourth-order valence-electron chi connectivity index (χ4n) is 4.88. The smallest absolute Gasteiger partial charge is 0.417 e. The van der Waals surface area contributed by atoms with Crippen LogP contribution in [-0.4, -0.2) is 35.8 Å². The number of hydrogen-bond acceptors (Lipinski definition) is 3. The number of phenols is 1. The van der Waals surface area contributed by atoms with E-state index in [0.717, 1.165) is 11.6 Å². The van der Waals surface area contributed by atoms with E-state index >= 15 is 0 Å². The van der Waals surface area contributed by atoms with Crippen LogP contribution in [0.3, 0.4) is 0 Å². The lowest BCUT2D eigenvalue weighted by atomic mass is 9.67. The van der Waals surface area contributed by atoms with Gasteiger partial charge in [-0.05, 0) is 73.0 Å². The first-order valence-corrected chi connectivity index (χ1v) is 10.6. The zero-order chi connectivity index (χ0) is 23.1. The molecule has 32 heavy (non-hydrogen) atoms. The second-order valence-electron chi connectivity index (χ2n) is 8.73. The molecule has 1 aliphatic carbocycles. The van der Waals surface area contributed by atoms with Crippen LogP contribution in [0.5, 0.6) is 5.75 Å². The van der Waals surface area contributed by atoms with Crippen LogP contribution in [0.15, 0.2) is 66.7 Å². The topological polar surface area (TPSA) is 43.7 Å². The third-order valence-electron chi connectivity index (χ3n) is 6.28. The summed E-state index contributed by atoms with van der Waals surface area (Å²) in [6, 6.07) is 17.3. The molecule has 0 aromatic heterocycles. The molecular formula is C26H26F3NO2. The highest BCUT2D eigenvalue weighted by molar-refractivity contribution is 5.70. The minimum atomic E-state index is -4.45. The number of benzene rings is 3. The molecule has 2 N–H and O–H groups in total. The van der Waals surface area contributed by atoms with Crippen LogP contribution in [0, 0.1) is 5.92 Å². The Kier molecular flexibility index (Phi) is 5.77. The summed E-state index contributed by atoms with van der Waals surface area (Å²) >= 11 is 0. The van der Waals surface area contributed by atoms with Crippen molar-refractivity contribution in [2.45, 2.75) is 24.6 Å². The predicted octanol–water partition coefficient (Wildman–Crippen LogP) is 5.44. The van der Waals surface area contributed by atoms with E-state index in [1.165, 1.54) is 12.1 Å². The van der Waals surface area contributed by atoms with Gasteiger partial charge in [-0.15, -0.1) is 0 Å². The average Bonchev–Trinajstić information content (AvgIpc) is 2.74. The Balaban J connectivity index is 1.86. The first-order valence-electron chi connectivity index (χ1n) is 10.6. The summed E-state index contributed by atoms with van der Waals surface area (Å²) in [6.45, 7) is 0.629. The highest BCUT2D eigenvalue weighted by Gasteiger charge is 2.44. The van der Waals surface area contributed by atoms with Gasteiger partial charge in [0, 0.05) is 12.5 Å². The van der Waals surface area contributed by atoms with Gasteiger partial charge in [-0.25, -0.2) is 0 Å². The van der Waals surface area contributed by atoms with Crippen LogP contribution in [-0.2, 0) is 18.2 Å². The van der Waals surface area contributed by atoms with E-state index in [1.54, 1.807) is 48.5 Å². The van der Waals surface area contributed by atoms with E-state index in [-0.39, 0.29) is 17.2 Å². The van der Waals surface area contributed by atoms with Gasteiger partial charge in [0.1, 0.15) is 11.4 Å². The second-order valence-corrected chi connectivity index (χ2v) is 8.73. The monoisotopic (exact) mass is 441 g/mol. The zero-order valence-corrected chi connectivity index (χ0v) is 18.0. The van der Waals surface area contributed by atoms with Crippen LogP contribution < -0.4 is 0 Å². The lowest BCUT2D eigenvalue weighted by Gasteiger charge is -2.43. The number of alkyl halides is 3. The Hall–Kier alpha value is -2.83. The van der Waals surface area contributed by atoms with E-state index in [0.29, 0.717) is 36.1 Å². The number of halogens is 3. The minimum Gasteiger partial charge on any atom is -0.508 e. The largest absolute Gasteiger partial charge is 0.508 e. The van der Waals surface area contributed by atoms with Gasteiger partial charge in [-0.3, -0.25) is 0 Å². The van der Waals surface area contributed by atoms with E-state index in [2.05, 4.69) is 0 Å². The molecule has 0 bridgehead atoms. The summed E-state index contributed by atoms with van der Waals surface area (Å²) in [4.78, 5) is 2.01. The molecule has 3 aromatic carbocycles. The molecule has 0 unspecified atom stereocenters. The summed E-state index contributed by atoms with van der Waals surface area (Å²) in [5.74, 6) is -0.0810. The fraction of sp³-hybridized carbons (Fsp3) is 0.308. The number of fused-ring (bicyclic) bond motifs is 1. The number of aromatic hydroxyl groups is 1. The number of nitrogens with zero attached hydrogens (tertiary/aromatic N) is 1. The highest BCUT2D eigenvalue weighted by Crippen LogP contribution is 2.47. The number of aliphatic hydroxyl groups is 1. The Labute approximate surface area is 185 Å². The summed E-state index contributed by atoms with van der Waals surface area (Å²) in [5, 5.41) is 22.1. The van der Waals surface area contributed by atoms with Crippen molar-refractivity contribution < 1.29 is 23.4 Å². The van der Waals surface area contributed by atoms with Crippen molar-refractivity contribution >= 4 is 0 Å². The molecule has 0 fully saturated rings. The van der Waals surface area contributed by atoms with Gasteiger partial charge in [0.05, 0.1) is 5.56 Å². The van der Waals surface area contributed by atoms with Crippen LogP contribution in [0.1, 0.15) is 28.7 Å². The first-order chi connectivity index (χ1) is 15.1. The Bertz CT molecular complexity index is 1130. The summed E-state index contributed by atoms with van der Waals surface area (Å²) in [5.41, 5.74) is 0.631. The molecule has 0 heterocycles. The van der Waals surface area contributed by atoms with Crippen molar-refractivity contribution in [2.75, 3.05) is 20.6 Å². The zero-order valence-electron chi connectivity index (χ0n) is 18.0. The van der Waals surface area contributed by atoms with Crippen molar-refractivity contribution in [1.29, 1.82) is 0 Å². The molecule has 0 radical (unpaired) electrons. The standard InChI is InChI=1S/C26H26F3NO2/c1-30(2)16-20-12-10-18-14-17(22-8-3-4-9-24(22)26(27,28)29)11-13-23(18)25(20,32)19-6-5-7-21(31)15-19/h3-9,11,13-15,20,31-32H,10,12,16H2,1-2H3/t20-,25+/m1/s1. The molecule has 3 aromatic rings. The highest BCUT2D eigenvalue weighted by atomic mass is 19.4. The third-order valence-corrected chi connectivity index (χ3v) is 6.28. The van der Waals surface area contributed by atoms with E-state index in [4.69, 9.17) is 0 Å². The molecule has 0 amide bonds. The molecule has 0 aliphatic heterocycles. The maximum absolute atomic E-state index is 13.6. The molecule has 3 nitrogen and oxygen atoms in total. The van der Waals surface area contributed by atoms with Gasteiger partial charge in [-0.2, -0.15) is 13.2 Å². The minimum absolute atomic E-state index is 0.0578. The summed E-state index contributed by atoms with van der Waals surface area (Å²) in [6.07, 6.45) is -3.13. The molecule has 1 aliphatic rings. The van der Waals surface area contributed by atoms with Crippen molar-refractivity contribution in [1.82, 2.24) is 4.90 Å². The SMILES string of the molecule is CN(C)C[C@H]1CCc2cc(-c3ccccc3C(F)(F)F)ccc2[C@]1(O)c1cccc(O)c1. The first kappa shape index (κ1) is 22.4. The molecule has 0 saturated carbocycles. The number of aryl methyl sites for hydroxylation is 1. The maximum atomic E-state index is 13.6. The number of rotatable bonds is 4. The average molecular weight is 441 g/mol. The quantitative estimate of drug-likeness (QED) is 0.567. The molecule has 0 spiro atoms. The predicted molar refractivity (Wildman–Crippen MR) is 118 cm³/mol. The van der Waals surface area contributed by atoms with Gasteiger partial charge in [0.2, 0.25) is 0 Å². The number of phenolic OH excluding ortho intramolecular Hbond substituents is 1. The molecule has 2 atom stereocenters. The van der Waals surface area contributed by atoms with Crippen molar-refractivity contribution in [3.8, 4) is 16.9 Å². The van der Waals surface area contributed by atoms with Crippen LogP contribution in [0.25, 0.3) is 11.1 Å². The van der Waals surface area contributed by atoms with Gasteiger partial charge < -0.3 is 15.1 Å². The summed E-state index contributed by atoms with van der Waals surface area (Å²) in [7, 11) is 3.88. The third kappa shape index (κ3) is 4.00. The molecule has 4 rings (SSSR count). The Morgan fingerprint density at radius 1 is 1.00 bits per heavy atom. The molecule has 168 valence electrons. The normalized spacial score (nSPS) is 20.9. The Morgan fingerprint density at radius 2 is 1.75 bits per heavy atom. The molecular weight excluding hydrogens is 415 g/mol. The maximum Gasteiger partial charge on any atom is 0.417 e. The lowest BCUT2D eigenvalue weighted by Crippen LogP contribution is -2.45. The van der Waals surface area contributed by atoms with Crippen LogP contribution >= 0.6 is 0 Å². The van der Waals surface area contributed by atoms with Gasteiger partial charge in [0.15, 0.2) is 0 Å². The lowest BCUT2D eigenvalue weighted by molar-refractivity contribution is -0.137. The van der Waals surface area contributed by atoms with E-state index < -0.39 is 17.3 Å². The van der Waals surface area contributed by atoms with Gasteiger partial charge in [0.25, 0.3) is 0 Å². The molecule has 6 heteroatoms. The second kappa shape index (κ2) is 8.26. The van der Waals surface area contributed by atoms with Crippen LogP contribution in [0.4, 0.5) is 13.2 Å². The van der Waals surface area contributed by atoms with Crippen LogP contribution in [0.2, 0.25) is 0 Å². The van der Waals surface area contributed by atoms with Crippen molar-refractivity contribution in [3.05, 3.63) is 89.0 Å². The van der Waals surface area contributed by atoms with E-state index in [9.17, 15) is 23.4 Å². The summed E-state index contributed by atoms with van der Waals surface area (Å²) < 4.78 is 40.7. The van der Waals surface area contributed by atoms with E-state index in [1.807, 2.05) is 19.0 Å². The van der Waals surface area contributed by atoms with Gasteiger partial charge in [-0.1, -0.05) is 48.5 Å².